The molecule has 0 bridgehead atoms. The average Bonchev–Trinajstić information content (AvgIpc) is 2.33. The molecule has 0 heterocycles. The Balaban J connectivity index is 2.85. The van der Waals surface area contributed by atoms with Crippen LogP contribution >= 0.6 is 0 Å². The van der Waals surface area contributed by atoms with Gasteiger partial charge in [-0.05, 0) is 39.8 Å². The minimum absolute atomic E-state index is 0.279. The molecule has 0 aliphatic carbocycles. The summed E-state index contributed by atoms with van der Waals surface area (Å²) in [7, 11) is 0. The molecule has 0 saturated carbocycles. The Labute approximate surface area is 110 Å². The van der Waals surface area contributed by atoms with E-state index in [1.54, 1.807) is 0 Å². The Morgan fingerprint density at radius 3 is 2.56 bits per heavy atom. The van der Waals surface area contributed by atoms with Gasteiger partial charge in [0.15, 0.2) is 11.5 Å². The SMILES string of the molecule is CCCN(Cc1cccc(OCC)c1O)C(C)C. The zero-order valence-corrected chi connectivity index (χ0v) is 11.9. The summed E-state index contributed by atoms with van der Waals surface area (Å²) in [6.45, 7) is 10.8. The third-order valence-electron chi connectivity index (χ3n) is 3.00. The summed E-state index contributed by atoms with van der Waals surface area (Å²) in [5, 5.41) is 10.2. The van der Waals surface area contributed by atoms with Gasteiger partial charge in [-0.15, -0.1) is 0 Å². The minimum Gasteiger partial charge on any atom is -0.504 e. The number of benzene rings is 1. The molecule has 0 spiro atoms. The predicted octanol–water partition coefficient (Wildman–Crippen LogP) is 3.41. The molecular formula is C15H25NO2. The van der Waals surface area contributed by atoms with Gasteiger partial charge in [-0.1, -0.05) is 19.1 Å². The highest BCUT2D eigenvalue weighted by Gasteiger charge is 2.13. The molecule has 1 aromatic rings. The quantitative estimate of drug-likeness (QED) is 0.806. The molecule has 0 radical (unpaired) electrons. The highest BCUT2D eigenvalue weighted by Crippen LogP contribution is 2.30. The van der Waals surface area contributed by atoms with Gasteiger partial charge in [0.2, 0.25) is 0 Å². The molecule has 0 fully saturated rings. The monoisotopic (exact) mass is 251 g/mol. The third kappa shape index (κ3) is 3.91. The smallest absolute Gasteiger partial charge is 0.162 e. The van der Waals surface area contributed by atoms with Gasteiger partial charge in [0.05, 0.1) is 6.61 Å². The van der Waals surface area contributed by atoms with E-state index in [0.717, 1.165) is 25.1 Å². The zero-order valence-electron chi connectivity index (χ0n) is 11.9. The number of ether oxygens (including phenoxy) is 1. The summed E-state index contributed by atoms with van der Waals surface area (Å²) in [5.41, 5.74) is 0.933. The van der Waals surface area contributed by atoms with Gasteiger partial charge >= 0.3 is 0 Å². The first kappa shape index (κ1) is 14.8. The molecule has 0 unspecified atom stereocenters. The van der Waals surface area contributed by atoms with Crippen molar-refractivity contribution < 1.29 is 9.84 Å². The van der Waals surface area contributed by atoms with Gasteiger partial charge in [0, 0.05) is 18.2 Å². The maximum Gasteiger partial charge on any atom is 0.162 e. The lowest BCUT2D eigenvalue weighted by atomic mass is 10.1. The summed E-state index contributed by atoms with van der Waals surface area (Å²) >= 11 is 0. The summed E-state index contributed by atoms with van der Waals surface area (Å²) in [6.07, 6.45) is 1.12. The first-order valence-corrected chi connectivity index (χ1v) is 6.77. The molecule has 102 valence electrons. The van der Waals surface area contributed by atoms with Crippen LogP contribution in [-0.2, 0) is 6.54 Å². The predicted molar refractivity (Wildman–Crippen MR) is 75.1 cm³/mol. The topological polar surface area (TPSA) is 32.7 Å². The number of rotatable bonds is 7. The molecule has 3 nitrogen and oxygen atoms in total. The maximum atomic E-state index is 10.2. The molecular weight excluding hydrogens is 226 g/mol. The Morgan fingerprint density at radius 2 is 2.00 bits per heavy atom. The molecule has 1 rings (SSSR count). The van der Waals surface area contributed by atoms with Gasteiger partial charge in [0.1, 0.15) is 0 Å². The number of aromatic hydroxyl groups is 1. The fraction of sp³-hybridized carbons (Fsp3) is 0.600. The van der Waals surface area contributed by atoms with Gasteiger partial charge in [-0.25, -0.2) is 0 Å². The van der Waals surface area contributed by atoms with Crippen molar-refractivity contribution in [1.82, 2.24) is 4.90 Å². The van der Waals surface area contributed by atoms with Crippen LogP contribution in [0.25, 0.3) is 0 Å². The summed E-state index contributed by atoms with van der Waals surface area (Å²) in [6, 6.07) is 6.18. The molecule has 18 heavy (non-hydrogen) atoms. The van der Waals surface area contributed by atoms with E-state index in [2.05, 4.69) is 25.7 Å². The number of phenolic OH excluding ortho intramolecular Hbond substituents is 1. The molecule has 0 amide bonds. The first-order chi connectivity index (χ1) is 8.60. The summed E-state index contributed by atoms with van der Waals surface area (Å²) < 4.78 is 5.41. The first-order valence-electron chi connectivity index (χ1n) is 6.77. The minimum atomic E-state index is 0.279. The lowest BCUT2D eigenvalue weighted by Crippen LogP contribution is -2.31. The highest BCUT2D eigenvalue weighted by molar-refractivity contribution is 5.45. The number of hydrogen-bond donors (Lipinski definition) is 1. The summed E-state index contributed by atoms with van der Waals surface area (Å²) in [5.74, 6) is 0.858. The van der Waals surface area contributed by atoms with E-state index >= 15 is 0 Å². The summed E-state index contributed by atoms with van der Waals surface area (Å²) in [4.78, 5) is 2.35. The van der Waals surface area contributed by atoms with Crippen LogP contribution in [-0.4, -0.2) is 29.2 Å². The van der Waals surface area contributed by atoms with Gasteiger partial charge < -0.3 is 9.84 Å². The Kier molecular flexibility index (Phi) is 5.99. The van der Waals surface area contributed by atoms with Crippen LogP contribution in [0.3, 0.4) is 0 Å². The molecule has 3 heteroatoms. The standard InChI is InChI=1S/C15H25NO2/c1-5-10-16(12(3)4)11-13-8-7-9-14(15(13)17)18-6-2/h7-9,12,17H,5-6,10-11H2,1-4H3. The van der Waals surface area contributed by atoms with Crippen molar-refractivity contribution in [2.24, 2.45) is 0 Å². The van der Waals surface area contributed by atoms with Gasteiger partial charge in [-0.3, -0.25) is 4.90 Å². The van der Waals surface area contributed by atoms with Crippen molar-refractivity contribution >= 4 is 0 Å². The zero-order chi connectivity index (χ0) is 13.5. The molecule has 0 aliphatic heterocycles. The molecule has 1 N–H and O–H groups in total. The highest BCUT2D eigenvalue weighted by atomic mass is 16.5. The molecule has 0 atom stereocenters. The lowest BCUT2D eigenvalue weighted by Gasteiger charge is -2.26. The van der Waals surface area contributed by atoms with Crippen molar-refractivity contribution in [3.63, 3.8) is 0 Å². The van der Waals surface area contributed by atoms with Crippen LogP contribution in [0, 0.1) is 0 Å². The van der Waals surface area contributed by atoms with Crippen LogP contribution in [0.15, 0.2) is 18.2 Å². The maximum absolute atomic E-state index is 10.2. The lowest BCUT2D eigenvalue weighted by molar-refractivity contribution is 0.210. The molecule has 0 aliphatic rings. The second-order valence-electron chi connectivity index (χ2n) is 4.76. The average molecular weight is 251 g/mol. The molecule has 1 aromatic carbocycles. The number of hydrogen-bond acceptors (Lipinski definition) is 3. The van der Waals surface area contributed by atoms with Crippen molar-refractivity contribution in [3.8, 4) is 11.5 Å². The van der Waals surface area contributed by atoms with Crippen LogP contribution in [0.1, 0.15) is 39.7 Å². The fourth-order valence-electron chi connectivity index (χ4n) is 1.99. The van der Waals surface area contributed by atoms with Crippen molar-refractivity contribution in [3.05, 3.63) is 23.8 Å². The number of nitrogens with zero attached hydrogens (tertiary/aromatic N) is 1. The van der Waals surface area contributed by atoms with E-state index in [9.17, 15) is 5.11 Å². The van der Waals surface area contributed by atoms with E-state index in [4.69, 9.17) is 4.74 Å². The van der Waals surface area contributed by atoms with E-state index in [-0.39, 0.29) is 5.75 Å². The van der Waals surface area contributed by atoms with Crippen molar-refractivity contribution in [2.75, 3.05) is 13.2 Å². The van der Waals surface area contributed by atoms with Gasteiger partial charge in [-0.2, -0.15) is 0 Å². The van der Waals surface area contributed by atoms with E-state index < -0.39 is 0 Å². The van der Waals surface area contributed by atoms with Crippen molar-refractivity contribution in [2.45, 2.75) is 46.7 Å². The third-order valence-corrected chi connectivity index (χ3v) is 3.00. The van der Waals surface area contributed by atoms with Crippen LogP contribution in [0.4, 0.5) is 0 Å². The normalized spacial score (nSPS) is 11.2. The van der Waals surface area contributed by atoms with E-state index in [1.807, 2.05) is 25.1 Å². The second-order valence-corrected chi connectivity index (χ2v) is 4.76. The second kappa shape index (κ2) is 7.27. The van der Waals surface area contributed by atoms with Gasteiger partial charge in [0.25, 0.3) is 0 Å². The largest absolute Gasteiger partial charge is 0.504 e. The molecule has 0 saturated heterocycles. The Morgan fingerprint density at radius 1 is 1.28 bits per heavy atom. The Bertz CT molecular complexity index is 364. The van der Waals surface area contributed by atoms with Crippen molar-refractivity contribution in [1.29, 1.82) is 0 Å². The van der Waals surface area contributed by atoms with E-state index in [0.29, 0.717) is 18.4 Å². The van der Waals surface area contributed by atoms with Crippen LogP contribution in [0.5, 0.6) is 11.5 Å². The fourth-order valence-corrected chi connectivity index (χ4v) is 1.99. The van der Waals surface area contributed by atoms with Crippen LogP contribution in [0.2, 0.25) is 0 Å². The Hall–Kier alpha value is -1.22. The van der Waals surface area contributed by atoms with Crippen LogP contribution < -0.4 is 4.74 Å². The molecule has 0 aromatic heterocycles. The number of para-hydroxylation sites is 1. The van der Waals surface area contributed by atoms with E-state index in [1.165, 1.54) is 0 Å². The number of phenols is 1.